The van der Waals surface area contributed by atoms with Gasteiger partial charge in [0.15, 0.2) is 0 Å². The second kappa shape index (κ2) is 6.29. The molecule has 0 bridgehead atoms. The predicted octanol–water partition coefficient (Wildman–Crippen LogP) is 3.22. The Bertz CT molecular complexity index is 1050. The van der Waals surface area contributed by atoms with Gasteiger partial charge in [0.1, 0.15) is 10.5 Å². The van der Waals surface area contributed by atoms with Crippen molar-refractivity contribution in [3.63, 3.8) is 0 Å². The van der Waals surface area contributed by atoms with Gasteiger partial charge < -0.3 is 9.88 Å². The van der Waals surface area contributed by atoms with Crippen molar-refractivity contribution in [2.75, 3.05) is 7.05 Å². The van der Waals surface area contributed by atoms with Crippen molar-refractivity contribution in [2.45, 2.75) is 19.4 Å². The highest BCUT2D eigenvalue weighted by molar-refractivity contribution is 7.17. The number of aromatic amines is 1. The zero-order valence-corrected chi connectivity index (χ0v) is 14.6. The Labute approximate surface area is 148 Å². The summed E-state index contributed by atoms with van der Waals surface area (Å²) >= 11 is 1.37. The summed E-state index contributed by atoms with van der Waals surface area (Å²) in [6.07, 6.45) is 6.22. The van der Waals surface area contributed by atoms with Crippen LogP contribution in [-0.4, -0.2) is 27.8 Å². The molecule has 25 heavy (non-hydrogen) atoms. The van der Waals surface area contributed by atoms with Crippen molar-refractivity contribution < 1.29 is 4.79 Å². The third-order valence-electron chi connectivity index (χ3n) is 4.37. The molecule has 2 heterocycles. The number of carbonyl (C=O) groups is 1. The van der Waals surface area contributed by atoms with Gasteiger partial charge in [0.2, 0.25) is 0 Å². The molecule has 2 aromatic heterocycles. The van der Waals surface area contributed by atoms with Crippen LogP contribution in [0.3, 0.4) is 0 Å². The zero-order valence-electron chi connectivity index (χ0n) is 13.8. The molecular weight excluding hydrogens is 334 g/mol. The lowest BCUT2D eigenvalue weighted by Crippen LogP contribution is -2.28. The number of thiophene rings is 1. The SMILES string of the molecule is CN(Cc1nc2ccsc2c(=O)[nH]1)C(=O)c1ccc2c(c1)CCC=C2. The van der Waals surface area contributed by atoms with Crippen LogP contribution in [0.15, 0.2) is 40.5 Å². The molecule has 1 aromatic carbocycles. The fourth-order valence-corrected chi connectivity index (χ4v) is 3.81. The number of H-pyrrole nitrogens is 1. The molecule has 0 atom stereocenters. The second-order valence-corrected chi connectivity index (χ2v) is 7.08. The molecule has 5 nitrogen and oxygen atoms in total. The molecule has 3 aromatic rings. The average Bonchev–Trinajstić information content (AvgIpc) is 3.09. The second-order valence-electron chi connectivity index (χ2n) is 6.16. The number of nitrogens with zero attached hydrogens (tertiary/aromatic N) is 2. The number of fused-ring (bicyclic) bond motifs is 2. The van der Waals surface area contributed by atoms with E-state index in [1.165, 1.54) is 22.5 Å². The van der Waals surface area contributed by atoms with E-state index in [4.69, 9.17) is 0 Å². The number of amides is 1. The molecule has 1 N–H and O–H groups in total. The molecule has 0 unspecified atom stereocenters. The molecule has 1 aliphatic carbocycles. The molecule has 0 radical (unpaired) electrons. The Morgan fingerprint density at radius 3 is 3.12 bits per heavy atom. The van der Waals surface area contributed by atoms with Crippen LogP contribution in [0.25, 0.3) is 16.3 Å². The summed E-state index contributed by atoms with van der Waals surface area (Å²) in [5.74, 6) is 0.415. The van der Waals surface area contributed by atoms with Crippen molar-refractivity contribution in [2.24, 2.45) is 0 Å². The number of benzene rings is 1. The van der Waals surface area contributed by atoms with E-state index in [-0.39, 0.29) is 18.0 Å². The summed E-state index contributed by atoms with van der Waals surface area (Å²) in [5.41, 5.74) is 3.56. The summed E-state index contributed by atoms with van der Waals surface area (Å²) in [6.45, 7) is 0.261. The largest absolute Gasteiger partial charge is 0.334 e. The van der Waals surface area contributed by atoms with E-state index in [2.05, 4.69) is 22.1 Å². The fraction of sp³-hybridized carbons (Fsp3) is 0.211. The third-order valence-corrected chi connectivity index (χ3v) is 5.27. The van der Waals surface area contributed by atoms with E-state index in [0.29, 0.717) is 21.6 Å². The normalized spacial score (nSPS) is 13.0. The maximum atomic E-state index is 12.7. The van der Waals surface area contributed by atoms with Crippen molar-refractivity contribution >= 4 is 33.5 Å². The van der Waals surface area contributed by atoms with Crippen LogP contribution in [0.5, 0.6) is 0 Å². The van der Waals surface area contributed by atoms with Crippen LogP contribution < -0.4 is 5.56 Å². The number of hydrogen-bond acceptors (Lipinski definition) is 4. The molecule has 6 heteroatoms. The van der Waals surface area contributed by atoms with Gasteiger partial charge in [-0.1, -0.05) is 18.2 Å². The molecule has 0 spiro atoms. The Kier molecular flexibility index (Phi) is 3.97. The molecule has 0 saturated carbocycles. The quantitative estimate of drug-likeness (QED) is 0.788. The number of rotatable bonds is 3. The number of aromatic nitrogens is 2. The van der Waals surface area contributed by atoms with Gasteiger partial charge in [-0.3, -0.25) is 9.59 Å². The maximum absolute atomic E-state index is 12.7. The summed E-state index contributed by atoms with van der Waals surface area (Å²) < 4.78 is 0.612. The summed E-state index contributed by atoms with van der Waals surface area (Å²) in [6, 6.07) is 7.63. The molecule has 0 saturated heterocycles. The van der Waals surface area contributed by atoms with E-state index in [1.807, 2.05) is 29.6 Å². The topological polar surface area (TPSA) is 66.1 Å². The van der Waals surface area contributed by atoms with Crippen LogP contribution >= 0.6 is 11.3 Å². The molecule has 1 amide bonds. The minimum Gasteiger partial charge on any atom is -0.334 e. The Hall–Kier alpha value is -2.73. The summed E-state index contributed by atoms with van der Waals surface area (Å²) in [4.78, 5) is 33.5. The van der Waals surface area contributed by atoms with Crippen LogP contribution in [0.1, 0.15) is 33.7 Å². The van der Waals surface area contributed by atoms with Gasteiger partial charge in [-0.15, -0.1) is 11.3 Å². The highest BCUT2D eigenvalue weighted by Crippen LogP contribution is 2.21. The summed E-state index contributed by atoms with van der Waals surface area (Å²) in [5, 5.41) is 1.84. The number of aryl methyl sites for hydroxylation is 1. The smallest absolute Gasteiger partial charge is 0.268 e. The highest BCUT2D eigenvalue weighted by Gasteiger charge is 2.16. The Morgan fingerprint density at radius 1 is 1.36 bits per heavy atom. The lowest BCUT2D eigenvalue weighted by molar-refractivity contribution is 0.0781. The minimum atomic E-state index is -0.156. The van der Waals surface area contributed by atoms with Crippen molar-refractivity contribution in [1.82, 2.24) is 14.9 Å². The first-order chi connectivity index (χ1) is 12.1. The van der Waals surface area contributed by atoms with E-state index < -0.39 is 0 Å². The molecule has 4 rings (SSSR count). The maximum Gasteiger partial charge on any atom is 0.268 e. The van der Waals surface area contributed by atoms with Gasteiger partial charge in [-0.2, -0.15) is 0 Å². The number of hydrogen-bond donors (Lipinski definition) is 1. The Balaban J connectivity index is 1.57. The van der Waals surface area contributed by atoms with Gasteiger partial charge >= 0.3 is 0 Å². The average molecular weight is 351 g/mol. The highest BCUT2D eigenvalue weighted by atomic mass is 32.1. The van der Waals surface area contributed by atoms with Crippen LogP contribution in [0, 0.1) is 0 Å². The van der Waals surface area contributed by atoms with E-state index in [0.717, 1.165) is 12.8 Å². The fourth-order valence-electron chi connectivity index (χ4n) is 3.08. The van der Waals surface area contributed by atoms with E-state index >= 15 is 0 Å². The van der Waals surface area contributed by atoms with Gasteiger partial charge in [0.25, 0.3) is 11.5 Å². The molecule has 0 fully saturated rings. The lowest BCUT2D eigenvalue weighted by Gasteiger charge is -2.18. The summed E-state index contributed by atoms with van der Waals surface area (Å²) in [7, 11) is 1.72. The van der Waals surface area contributed by atoms with Gasteiger partial charge in [0, 0.05) is 12.6 Å². The first-order valence-electron chi connectivity index (χ1n) is 8.13. The molecular formula is C19H17N3O2S. The van der Waals surface area contributed by atoms with Gasteiger partial charge in [0.05, 0.1) is 12.1 Å². The van der Waals surface area contributed by atoms with Gasteiger partial charge in [-0.25, -0.2) is 4.98 Å². The molecule has 0 aliphatic heterocycles. The van der Waals surface area contributed by atoms with E-state index in [9.17, 15) is 9.59 Å². The monoisotopic (exact) mass is 351 g/mol. The van der Waals surface area contributed by atoms with Crippen LogP contribution in [0.2, 0.25) is 0 Å². The number of nitrogens with one attached hydrogen (secondary N) is 1. The molecule has 126 valence electrons. The van der Waals surface area contributed by atoms with Crippen LogP contribution in [0.4, 0.5) is 0 Å². The lowest BCUT2D eigenvalue weighted by atomic mass is 9.95. The number of carbonyl (C=O) groups excluding carboxylic acids is 1. The molecule has 1 aliphatic rings. The number of allylic oxidation sites excluding steroid dienone is 1. The third kappa shape index (κ3) is 3.00. The van der Waals surface area contributed by atoms with Crippen molar-refractivity contribution in [1.29, 1.82) is 0 Å². The van der Waals surface area contributed by atoms with Crippen molar-refractivity contribution in [3.8, 4) is 0 Å². The first kappa shape index (κ1) is 15.8. The van der Waals surface area contributed by atoms with Crippen LogP contribution in [-0.2, 0) is 13.0 Å². The van der Waals surface area contributed by atoms with Crippen molar-refractivity contribution in [3.05, 3.63) is 68.6 Å². The standard InChI is InChI=1S/C19H17N3O2S/c1-22(11-16-20-15-8-9-25-17(15)18(23)21-16)19(24)14-7-6-12-4-2-3-5-13(12)10-14/h2,4,6-10H,3,5,11H2,1H3,(H,20,21,23). The predicted molar refractivity (Wildman–Crippen MR) is 99.8 cm³/mol. The first-order valence-corrected chi connectivity index (χ1v) is 9.01. The van der Waals surface area contributed by atoms with Gasteiger partial charge in [-0.05, 0) is 47.5 Å². The minimum absolute atomic E-state index is 0.0783. The zero-order chi connectivity index (χ0) is 17.4. The Morgan fingerprint density at radius 2 is 2.24 bits per heavy atom. The van der Waals surface area contributed by atoms with E-state index in [1.54, 1.807) is 11.9 Å².